The summed E-state index contributed by atoms with van der Waals surface area (Å²) in [6, 6.07) is 20.1. The molecular weight excluding hydrogens is 716 g/mol. The molecule has 12 nitrogen and oxygen atoms in total. The van der Waals surface area contributed by atoms with Crippen molar-refractivity contribution in [1.82, 2.24) is 9.55 Å². The zero-order valence-corrected chi connectivity index (χ0v) is 32.4. The lowest BCUT2D eigenvalue weighted by molar-refractivity contribution is -0.244. The maximum Gasteiger partial charge on any atom is 0.338 e. The van der Waals surface area contributed by atoms with Gasteiger partial charge in [-0.1, -0.05) is 42.5 Å². The number of rotatable bonds is 23. The highest BCUT2D eigenvalue weighted by Crippen LogP contribution is 2.42. The lowest BCUT2D eigenvalue weighted by atomic mass is 9.91. The van der Waals surface area contributed by atoms with Crippen LogP contribution in [0.15, 0.2) is 97.6 Å². The van der Waals surface area contributed by atoms with Crippen molar-refractivity contribution in [2.45, 2.75) is 77.7 Å². The largest absolute Gasteiger partial charge is 0.508 e. The summed E-state index contributed by atoms with van der Waals surface area (Å²) in [5.41, 5.74) is 2.00. The van der Waals surface area contributed by atoms with Crippen molar-refractivity contribution >= 4 is 11.9 Å². The smallest absolute Gasteiger partial charge is 0.338 e. The number of ether oxygens (including phenoxy) is 7. The summed E-state index contributed by atoms with van der Waals surface area (Å²) in [6.45, 7) is 6.82. The first kappa shape index (κ1) is 41.8. The van der Waals surface area contributed by atoms with Gasteiger partial charge < -0.3 is 42.8 Å². The number of aromatic hydroxyl groups is 1. The summed E-state index contributed by atoms with van der Waals surface area (Å²) in [7, 11) is 0. The van der Waals surface area contributed by atoms with Crippen LogP contribution in [0.4, 0.5) is 0 Å². The summed E-state index contributed by atoms with van der Waals surface area (Å²) in [5, 5.41) is 10.7. The molecule has 0 unspecified atom stereocenters. The topological polar surface area (TPSA) is 137 Å². The van der Waals surface area contributed by atoms with Crippen molar-refractivity contribution in [3.8, 4) is 23.0 Å². The summed E-state index contributed by atoms with van der Waals surface area (Å²) >= 11 is 0. The molecule has 0 bridgehead atoms. The van der Waals surface area contributed by atoms with Crippen LogP contribution in [0, 0.1) is 5.92 Å². The second-order valence-corrected chi connectivity index (χ2v) is 13.3. The molecule has 0 aliphatic carbocycles. The molecule has 3 aromatic carbocycles. The molecule has 300 valence electrons. The quantitative estimate of drug-likeness (QED) is 0.0441. The van der Waals surface area contributed by atoms with Gasteiger partial charge in [0.1, 0.15) is 18.1 Å². The molecule has 3 atom stereocenters. The first-order chi connectivity index (χ1) is 27.4. The highest BCUT2D eigenvalue weighted by Gasteiger charge is 2.34. The Labute approximate surface area is 329 Å². The van der Waals surface area contributed by atoms with E-state index >= 15 is 0 Å². The Kier molecular flexibility index (Phi) is 17.1. The average Bonchev–Trinajstić information content (AvgIpc) is 3.73. The lowest BCUT2D eigenvalue weighted by Gasteiger charge is -2.37. The molecule has 12 heteroatoms. The molecule has 4 aromatic rings. The number of allylic oxidation sites excluding steroid dienone is 2. The predicted molar refractivity (Wildman–Crippen MR) is 210 cm³/mol. The number of esters is 2. The molecule has 5 rings (SSSR count). The normalized spacial score (nSPS) is 16.7. The Morgan fingerprint density at radius 1 is 0.875 bits per heavy atom. The number of hydrogen-bond donors (Lipinski definition) is 1. The Morgan fingerprint density at radius 2 is 1.64 bits per heavy atom. The van der Waals surface area contributed by atoms with Gasteiger partial charge in [-0.3, -0.25) is 4.79 Å². The average molecular weight is 771 g/mol. The number of hydrogen-bond acceptors (Lipinski definition) is 11. The Hall–Kier alpha value is -5.33. The summed E-state index contributed by atoms with van der Waals surface area (Å²) < 4.78 is 42.9. The maximum atomic E-state index is 12.3. The molecule has 1 aromatic heterocycles. The van der Waals surface area contributed by atoms with Crippen LogP contribution in [-0.4, -0.2) is 66.2 Å². The van der Waals surface area contributed by atoms with Crippen molar-refractivity contribution in [2.24, 2.45) is 5.92 Å². The van der Waals surface area contributed by atoms with Gasteiger partial charge in [-0.25, -0.2) is 9.78 Å². The predicted octanol–water partition coefficient (Wildman–Crippen LogP) is 8.56. The van der Waals surface area contributed by atoms with E-state index in [0.717, 1.165) is 42.6 Å². The van der Waals surface area contributed by atoms with E-state index in [4.69, 9.17) is 33.2 Å². The maximum absolute atomic E-state index is 12.3. The van der Waals surface area contributed by atoms with Crippen molar-refractivity contribution in [2.75, 3.05) is 39.6 Å². The third kappa shape index (κ3) is 13.2. The fraction of sp³-hybridized carbons (Fsp3) is 0.432. The summed E-state index contributed by atoms with van der Waals surface area (Å²) in [5.74, 6) is 1.41. The highest BCUT2D eigenvalue weighted by molar-refractivity contribution is 5.90. The van der Waals surface area contributed by atoms with E-state index in [0.29, 0.717) is 82.5 Å². The van der Waals surface area contributed by atoms with E-state index in [-0.39, 0.29) is 23.7 Å². The lowest BCUT2D eigenvalue weighted by Crippen LogP contribution is -2.30. The van der Waals surface area contributed by atoms with Gasteiger partial charge in [-0.05, 0) is 88.8 Å². The van der Waals surface area contributed by atoms with Gasteiger partial charge >= 0.3 is 11.9 Å². The molecule has 1 fully saturated rings. The zero-order chi connectivity index (χ0) is 39.4. The van der Waals surface area contributed by atoms with Crippen LogP contribution in [0.2, 0.25) is 0 Å². The highest BCUT2D eigenvalue weighted by atomic mass is 16.7. The van der Waals surface area contributed by atoms with Crippen LogP contribution < -0.4 is 14.2 Å². The number of nitrogens with zero attached hydrogens (tertiary/aromatic N) is 2. The van der Waals surface area contributed by atoms with E-state index in [2.05, 4.69) is 4.98 Å². The van der Waals surface area contributed by atoms with E-state index < -0.39 is 12.3 Å². The fourth-order valence-corrected chi connectivity index (χ4v) is 6.24. The number of aromatic nitrogens is 2. The van der Waals surface area contributed by atoms with Crippen LogP contribution in [0.3, 0.4) is 0 Å². The number of imidazole rings is 1. The number of carbonyl (C=O) groups is 2. The third-order valence-corrected chi connectivity index (χ3v) is 9.17. The SMILES string of the molecule is CCOC(=O)CC/C=C\C[C@@H]1CO[C@H](c2ccc(OCCCCCCOc3cc(C(=O)OCC)ccc3OCCn3ccnc3)cc2)O[C@@H]1c1ccccc1O. The molecule has 1 saturated heterocycles. The zero-order valence-electron chi connectivity index (χ0n) is 32.4. The van der Waals surface area contributed by atoms with Gasteiger partial charge in [0.15, 0.2) is 17.8 Å². The minimum absolute atomic E-state index is 0.0229. The number of benzene rings is 3. The molecule has 2 heterocycles. The second kappa shape index (κ2) is 22.9. The van der Waals surface area contributed by atoms with Gasteiger partial charge in [0.05, 0.1) is 57.6 Å². The number of phenolic OH excluding ortho intramolecular Hbond substituents is 1. The minimum Gasteiger partial charge on any atom is -0.508 e. The first-order valence-electron chi connectivity index (χ1n) is 19.6. The second-order valence-electron chi connectivity index (χ2n) is 13.3. The molecule has 0 spiro atoms. The summed E-state index contributed by atoms with van der Waals surface area (Å²) in [6.07, 6.45) is 13.6. The Balaban J connectivity index is 1.04. The van der Waals surface area contributed by atoms with Gasteiger partial charge in [0.2, 0.25) is 0 Å². The van der Waals surface area contributed by atoms with E-state index in [9.17, 15) is 14.7 Å². The fourth-order valence-electron chi connectivity index (χ4n) is 6.24. The van der Waals surface area contributed by atoms with Gasteiger partial charge in [0, 0.05) is 35.9 Å². The molecule has 0 radical (unpaired) electrons. The van der Waals surface area contributed by atoms with Crippen LogP contribution >= 0.6 is 0 Å². The Morgan fingerprint density at radius 3 is 2.39 bits per heavy atom. The minimum atomic E-state index is -0.600. The number of unbranched alkanes of at least 4 members (excludes halogenated alkanes) is 3. The molecular formula is C44H54N2O10. The first-order valence-corrected chi connectivity index (χ1v) is 19.6. The number of para-hydroxylation sites is 1. The van der Waals surface area contributed by atoms with Gasteiger partial charge in [0.25, 0.3) is 0 Å². The van der Waals surface area contributed by atoms with Crippen LogP contribution in [0.1, 0.15) is 92.7 Å². The molecule has 1 N–H and O–H groups in total. The third-order valence-electron chi connectivity index (χ3n) is 9.17. The molecule has 56 heavy (non-hydrogen) atoms. The van der Waals surface area contributed by atoms with E-state index in [1.807, 2.05) is 59.3 Å². The standard InChI is InChI=1S/C44H54N2O10/c1-3-50-41(48)17-9-7-8-14-35-31-55-44(56-42(35)37-15-10-11-16-38(37)47)33-18-21-36(22-19-33)52-27-12-5-6-13-28-53-40-30-34(43(49)51-4-2)20-23-39(40)54-29-26-46-25-24-45-32-46/h7-8,10-11,15-16,18-25,30,32,35,42,44,47H,3-6,9,12-14,17,26-29,31H2,1-2H3/b8-7-/t35-,42+,44+/m1/s1. The molecule has 1 aliphatic heterocycles. The molecule has 1 aliphatic rings. The van der Waals surface area contributed by atoms with Gasteiger partial charge in [-0.15, -0.1) is 0 Å². The van der Waals surface area contributed by atoms with Crippen molar-refractivity contribution in [3.05, 3.63) is 114 Å². The van der Waals surface area contributed by atoms with Crippen LogP contribution in [0.25, 0.3) is 0 Å². The van der Waals surface area contributed by atoms with Crippen molar-refractivity contribution in [3.63, 3.8) is 0 Å². The van der Waals surface area contributed by atoms with Crippen molar-refractivity contribution < 1.29 is 47.9 Å². The van der Waals surface area contributed by atoms with Crippen LogP contribution in [0.5, 0.6) is 23.0 Å². The van der Waals surface area contributed by atoms with Crippen LogP contribution in [-0.2, 0) is 30.3 Å². The molecule has 0 saturated carbocycles. The number of carbonyl (C=O) groups excluding carboxylic acids is 2. The number of phenols is 1. The van der Waals surface area contributed by atoms with E-state index in [1.165, 1.54) is 0 Å². The van der Waals surface area contributed by atoms with Gasteiger partial charge in [-0.2, -0.15) is 0 Å². The molecule has 0 amide bonds. The van der Waals surface area contributed by atoms with E-state index in [1.54, 1.807) is 56.7 Å². The monoisotopic (exact) mass is 770 g/mol. The van der Waals surface area contributed by atoms with Crippen molar-refractivity contribution in [1.29, 1.82) is 0 Å². The Bertz CT molecular complexity index is 1790. The summed E-state index contributed by atoms with van der Waals surface area (Å²) in [4.78, 5) is 28.0.